The highest BCUT2D eigenvalue weighted by Gasteiger charge is 2.15. The van der Waals surface area contributed by atoms with E-state index in [-0.39, 0.29) is 5.91 Å². The lowest BCUT2D eigenvalue weighted by Gasteiger charge is -2.07. The van der Waals surface area contributed by atoms with Crippen LogP contribution < -0.4 is 5.32 Å². The van der Waals surface area contributed by atoms with E-state index in [4.69, 9.17) is 0 Å². The summed E-state index contributed by atoms with van der Waals surface area (Å²) < 4.78 is 0. The van der Waals surface area contributed by atoms with Crippen LogP contribution in [0.15, 0.2) is 12.7 Å². The molecule has 1 fully saturated rings. The molecule has 1 amide bonds. The predicted octanol–water partition coefficient (Wildman–Crippen LogP) is 1.48. The van der Waals surface area contributed by atoms with Crippen molar-refractivity contribution in [2.75, 3.05) is 6.54 Å². The molecular formula is C9H15NO. The zero-order valence-electron chi connectivity index (χ0n) is 6.81. The monoisotopic (exact) mass is 153 g/mol. The van der Waals surface area contributed by atoms with E-state index in [0.29, 0.717) is 12.3 Å². The quantitative estimate of drug-likeness (QED) is 0.598. The molecule has 1 aliphatic rings. The Hall–Kier alpha value is -0.790. The molecular weight excluding hydrogens is 138 g/mol. The minimum absolute atomic E-state index is 0.203. The Morgan fingerprint density at radius 3 is 3.27 bits per heavy atom. The Morgan fingerprint density at radius 2 is 2.55 bits per heavy atom. The fraction of sp³-hybridized carbons (Fsp3) is 0.667. The van der Waals surface area contributed by atoms with Gasteiger partial charge in [-0.25, -0.2) is 0 Å². The average Bonchev–Trinajstić information content (AvgIpc) is 2.15. The summed E-state index contributed by atoms with van der Waals surface area (Å²) in [6, 6.07) is 0. The molecule has 0 aliphatic carbocycles. The molecule has 11 heavy (non-hydrogen) atoms. The van der Waals surface area contributed by atoms with Gasteiger partial charge in [0.1, 0.15) is 0 Å². The predicted molar refractivity (Wildman–Crippen MR) is 45.2 cm³/mol. The number of carbonyl (C=O) groups is 1. The maximum absolute atomic E-state index is 11.0. The maximum atomic E-state index is 11.0. The van der Waals surface area contributed by atoms with Crippen molar-refractivity contribution in [2.24, 2.45) is 5.92 Å². The summed E-state index contributed by atoms with van der Waals surface area (Å²) >= 11 is 0. The van der Waals surface area contributed by atoms with Gasteiger partial charge in [0.25, 0.3) is 0 Å². The van der Waals surface area contributed by atoms with E-state index in [9.17, 15) is 4.79 Å². The fourth-order valence-corrected chi connectivity index (χ4v) is 1.49. The van der Waals surface area contributed by atoms with Gasteiger partial charge in [-0.15, -0.1) is 6.58 Å². The summed E-state index contributed by atoms with van der Waals surface area (Å²) in [5.74, 6) is 0.740. The van der Waals surface area contributed by atoms with Crippen LogP contribution in [0.25, 0.3) is 0 Å². The van der Waals surface area contributed by atoms with Crippen LogP contribution in [-0.4, -0.2) is 12.5 Å². The lowest BCUT2D eigenvalue weighted by molar-refractivity contribution is -0.121. The first-order chi connectivity index (χ1) is 5.33. The Morgan fingerprint density at radius 1 is 1.73 bits per heavy atom. The average molecular weight is 153 g/mol. The van der Waals surface area contributed by atoms with E-state index in [0.717, 1.165) is 25.8 Å². The fourth-order valence-electron chi connectivity index (χ4n) is 1.49. The van der Waals surface area contributed by atoms with Crippen LogP contribution in [0.5, 0.6) is 0 Å². The van der Waals surface area contributed by atoms with Crippen molar-refractivity contribution in [2.45, 2.75) is 25.7 Å². The van der Waals surface area contributed by atoms with E-state index in [1.807, 2.05) is 6.08 Å². The van der Waals surface area contributed by atoms with Crippen molar-refractivity contribution in [3.8, 4) is 0 Å². The molecule has 0 aromatic heterocycles. The first kappa shape index (κ1) is 8.31. The van der Waals surface area contributed by atoms with Gasteiger partial charge in [0.15, 0.2) is 0 Å². The van der Waals surface area contributed by atoms with Gasteiger partial charge in [-0.2, -0.15) is 0 Å². The molecule has 1 unspecified atom stereocenters. The van der Waals surface area contributed by atoms with E-state index < -0.39 is 0 Å². The highest BCUT2D eigenvalue weighted by molar-refractivity contribution is 5.76. The molecule has 62 valence electrons. The third-order valence-electron chi connectivity index (χ3n) is 2.09. The SMILES string of the molecule is C=CCC1CCCNC(=O)C1. The second-order valence-electron chi connectivity index (χ2n) is 3.09. The van der Waals surface area contributed by atoms with E-state index >= 15 is 0 Å². The van der Waals surface area contributed by atoms with Gasteiger partial charge in [-0.05, 0) is 25.2 Å². The number of hydrogen-bond donors (Lipinski definition) is 1. The number of amides is 1. The third kappa shape index (κ3) is 2.74. The molecule has 2 nitrogen and oxygen atoms in total. The van der Waals surface area contributed by atoms with Gasteiger partial charge in [-0.3, -0.25) is 4.79 Å². The second kappa shape index (κ2) is 4.16. The molecule has 1 N–H and O–H groups in total. The number of hydrogen-bond acceptors (Lipinski definition) is 1. The zero-order valence-corrected chi connectivity index (χ0v) is 6.81. The number of carbonyl (C=O) groups excluding carboxylic acids is 1. The minimum atomic E-state index is 0.203. The largest absolute Gasteiger partial charge is 0.356 e. The molecule has 1 heterocycles. The highest BCUT2D eigenvalue weighted by atomic mass is 16.1. The standard InChI is InChI=1S/C9H15NO/c1-2-4-8-5-3-6-10-9(11)7-8/h2,8H,1,3-7H2,(H,10,11). The number of nitrogens with one attached hydrogen (secondary N) is 1. The topological polar surface area (TPSA) is 29.1 Å². The third-order valence-corrected chi connectivity index (χ3v) is 2.09. The van der Waals surface area contributed by atoms with Crippen LogP contribution in [0.1, 0.15) is 25.7 Å². The highest BCUT2D eigenvalue weighted by Crippen LogP contribution is 2.17. The summed E-state index contributed by atoms with van der Waals surface area (Å²) in [6.45, 7) is 4.53. The Labute approximate surface area is 67.7 Å². The molecule has 0 bridgehead atoms. The van der Waals surface area contributed by atoms with E-state index in [1.165, 1.54) is 0 Å². The zero-order chi connectivity index (χ0) is 8.10. The summed E-state index contributed by atoms with van der Waals surface area (Å²) in [4.78, 5) is 11.0. The first-order valence-corrected chi connectivity index (χ1v) is 4.20. The molecule has 1 saturated heterocycles. The van der Waals surface area contributed by atoms with Crippen LogP contribution in [-0.2, 0) is 4.79 Å². The second-order valence-corrected chi connectivity index (χ2v) is 3.09. The molecule has 1 aliphatic heterocycles. The molecule has 0 aromatic carbocycles. The van der Waals surface area contributed by atoms with Gasteiger partial charge in [-0.1, -0.05) is 6.08 Å². The normalized spacial score (nSPS) is 25.5. The van der Waals surface area contributed by atoms with Crippen molar-refractivity contribution >= 4 is 5.91 Å². The van der Waals surface area contributed by atoms with Gasteiger partial charge < -0.3 is 5.32 Å². The molecule has 0 radical (unpaired) electrons. The van der Waals surface area contributed by atoms with Crippen molar-refractivity contribution in [3.05, 3.63) is 12.7 Å². The molecule has 1 atom stereocenters. The molecule has 0 spiro atoms. The first-order valence-electron chi connectivity index (χ1n) is 4.20. The maximum Gasteiger partial charge on any atom is 0.220 e. The lowest BCUT2D eigenvalue weighted by Crippen LogP contribution is -2.22. The van der Waals surface area contributed by atoms with Crippen LogP contribution in [0, 0.1) is 5.92 Å². The van der Waals surface area contributed by atoms with E-state index in [2.05, 4.69) is 11.9 Å². The van der Waals surface area contributed by atoms with Crippen molar-refractivity contribution in [3.63, 3.8) is 0 Å². The van der Waals surface area contributed by atoms with Crippen LogP contribution in [0.3, 0.4) is 0 Å². The lowest BCUT2D eigenvalue weighted by atomic mass is 9.97. The van der Waals surface area contributed by atoms with Gasteiger partial charge >= 0.3 is 0 Å². The summed E-state index contributed by atoms with van der Waals surface area (Å²) in [5.41, 5.74) is 0. The number of rotatable bonds is 2. The minimum Gasteiger partial charge on any atom is -0.356 e. The van der Waals surface area contributed by atoms with Crippen LogP contribution in [0.2, 0.25) is 0 Å². The number of allylic oxidation sites excluding steroid dienone is 1. The molecule has 0 saturated carbocycles. The Balaban J connectivity index is 2.38. The van der Waals surface area contributed by atoms with Gasteiger partial charge in [0.05, 0.1) is 0 Å². The van der Waals surface area contributed by atoms with Gasteiger partial charge in [0.2, 0.25) is 5.91 Å². The van der Waals surface area contributed by atoms with Gasteiger partial charge in [0, 0.05) is 13.0 Å². The Bertz CT molecular complexity index is 154. The van der Waals surface area contributed by atoms with E-state index in [1.54, 1.807) is 0 Å². The van der Waals surface area contributed by atoms with Crippen LogP contribution >= 0.6 is 0 Å². The molecule has 2 heteroatoms. The molecule has 1 rings (SSSR count). The summed E-state index contributed by atoms with van der Waals surface area (Å²) in [5, 5.41) is 2.86. The van der Waals surface area contributed by atoms with Crippen LogP contribution in [0.4, 0.5) is 0 Å². The van der Waals surface area contributed by atoms with Crippen molar-refractivity contribution in [1.29, 1.82) is 0 Å². The molecule has 0 aromatic rings. The summed E-state index contributed by atoms with van der Waals surface area (Å²) in [7, 11) is 0. The van der Waals surface area contributed by atoms with Crippen molar-refractivity contribution < 1.29 is 4.79 Å². The van der Waals surface area contributed by atoms with Crippen molar-refractivity contribution in [1.82, 2.24) is 5.32 Å². The Kier molecular flexibility index (Phi) is 3.14. The smallest absolute Gasteiger partial charge is 0.220 e. The summed E-state index contributed by atoms with van der Waals surface area (Å²) in [6.07, 6.45) is 5.84.